The summed E-state index contributed by atoms with van der Waals surface area (Å²) in [4.78, 5) is 27.4. The second kappa shape index (κ2) is 13.7. The first kappa shape index (κ1) is 31.4. The monoisotopic (exact) mass is 622 g/mol. The highest BCUT2D eigenvalue weighted by molar-refractivity contribution is 5.88. The molecule has 1 aliphatic rings. The molecule has 45 heavy (non-hydrogen) atoms. The van der Waals surface area contributed by atoms with E-state index in [1.165, 1.54) is 32.5 Å². The van der Waals surface area contributed by atoms with Crippen molar-refractivity contribution in [2.24, 2.45) is 0 Å². The molecule has 10 nitrogen and oxygen atoms in total. The summed E-state index contributed by atoms with van der Waals surface area (Å²) in [5.74, 6) is -2.39. The van der Waals surface area contributed by atoms with Gasteiger partial charge < -0.3 is 29.3 Å². The number of likely N-dealkylation sites (N-methyl/N-ethyl adjacent to an activating group) is 1. The third-order valence-electron chi connectivity index (χ3n) is 7.57. The van der Waals surface area contributed by atoms with Gasteiger partial charge in [-0.1, -0.05) is 6.07 Å². The molecule has 236 valence electrons. The van der Waals surface area contributed by atoms with Gasteiger partial charge in [0.25, 0.3) is 0 Å². The molecule has 0 spiro atoms. The number of hydrogen-bond acceptors (Lipinski definition) is 9. The van der Waals surface area contributed by atoms with Crippen LogP contribution >= 0.6 is 0 Å². The molecular formula is C32H33F3N6O4. The van der Waals surface area contributed by atoms with E-state index < -0.39 is 29.3 Å². The molecule has 1 amide bonds. The number of methoxy groups -OCH3 is 2. The minimum atomic E-state index is -1.12. The molecule has 2 heterocycles. The summed E-state index contributed by atoms with van der Waals surface area (Å²) in [5, 5.41) is 2.97. The Morgan fingerprint density at radius 2 is 1.78 bits per heavy atom. The Labute approximate surface area is 259 Å². The molecule has 13 heteroatoms. The molecule has 0 saturated carbocycles. The van der Waals surface area contributed by atoms with Crippen LogP contribution < -0.4 is 29.3 Å². The smallest absolute Gasteiger partial charge is 0.421 e. The van der Waals surface area contributed by atoms with Gasteiger partial charge in [-0.15, -0.1) is 0 Å². The molecule has 1 N–H and O–H groups in total. The average Bonchev–Trinajstić information content (AvgIpc) is 3.03. The number of nitrogens with one attached hydrogen (secondary N) is 1. The molecule has 1 unspecified atom stereocenters. The Bertz CT molecular complexity index is 1660. The lowest BCUT2D eigenvalue weighted by atomic mass is 10.1. The van der Waals surface area contributed by atoms with Crippen LogP contribution in [0.4, 0.5) is 41.1 Å². The fourth-order valence-electron chi connectivity index (χ4n) is 4.93. The highest BCUT2D eigenvalue weighted by atomic mass is 19.1. The number of benzene rings is 3. The van der Waals surface area contributed by atoms with E-state index in [4.69, 9.17) is 14.2 Å². The fourth-order valence-corrected chi connectivity index (χ4v) is 4.93. The van der Waals surface area contributed by atoms with Crippen molar-refractivity contribution in [3.63, 3.8) is 0 Å². The number of carbonyl (C=O) groups is 1. The highest BCUT2D eigenvalue weighted by Crippen LogP contribution is 2.30. The molecule has 0 bridgehead atoms. The number of nitrogens with zero attached hydrogens (tertiary/aromatic N) is 5. The van der Waals surface area contributed by atoms with Gasteiger partial charge in [0.05, 0.1) is 26.5 Å². The number of aromatic nitrogens is 2. The zero-order valence-electron chi connectivity index (χ0n) is 25.3. The van der Waals surface area contributed by atoms with Gasteiger partial charge in [0.1, 0.15) is 23.1 Å². The van der Waals surface area contributed by atoms with Gasteiger partial charge in [-0.05, 0) is 68.6 Å². The maximum Gasteiger partial charge on any atom is 0.421 e. The van der Waals surface area contributed by atoms with Crippen LogP contribution in [0.15, 0.2) is 66.9 Å². The Morgan fingerprint density at radius 1 is 1.00 bits per heavy atom. The Morgan fingerprint density at radius 3 is 2.47 bits per heavy atom. The van der Waals surface area contributed by atoms with Crippen LogP contribution in [0.25, 0.3) is 0 Å². The lowest BCUT2D eigenvalue weighted by Gasteiger charge is -2.39. The Balaban J connectivity index is 1.43. The number of amides is 1. The van der Waals surface area contributed by atoms with E-state index in [9.17, 15) is 13.6 Å². The van der Waals surface area contributed by atoms with E-state index >= 15 is 4.39 Å². The van der Waals surface area contributed by atoms with Crippen LogP contribution in [-0.2, 0) is 6.54 Å². The lowest BCUT2D eigenvalue weighted by molar-refractivity contribution is 0.202. The summed E-state index contributed by atoms with van der Waals surface area (Å²) in [5.41, 5.74) is 1.37. The maximum atomic E-state index is 15.2. The standard InChI is InChI=1S/C32H33F3N6O4/c1-20-18-40(15-14-39(20)2)27-10-8-22(17-26(27)35)37-31-36-13-12-29(38-31)41(19-21-16-23(43-3)9-11-28(21)44-4)32(42)45-30-24(33)6-5-7-25(30)34/h5-13,16-17,20H,14-15,18-19H2,1-4H3,(H,36,37,38). The maximum absolute atomic E-state index is 15.2. The van der Waals surface area contributed by atoms with E-state index in [1.54, 1.807) is 30.3 Å². The van der Waals surface area contributed by atoms with Crippen LogP contribution in [0, 0.1) is 17.5 Å². The molecule has 1 atom stereocenters. The molecule has 1 fully saturated rings. The summed E-state index contributed by atoms with van der Waals surface area (Å²) in [6.07, 6.45) is 0.263. The molecule has 1 aliphatic heterocycles. The van der Waals surface area contributed by atoms with Crippen molar-refractivity contribution in [2.45, 2.75) is 19.5 Å². The summed E-state index contributed by atoms with van der Waals surface area (Å²) in [7, 11) is 5.00. The molecular weight excluding hydrogens is 589 g/mol. The zero-order chi connectivity index (χ0) is 32.1. The van der Waals surface area contributed by atoms with Crippen molar-refractivity contribution in [1.29, 1.82) is 0 Å². The van der Waals surface area contributed by atoms with Gasteiger partial charge in [-0.25, -0.2) is 22.9 Å². The molecule has 0 radical (unpaired) electrons. The van der Waals surface area contributed by atoms with E-state index in [0.717, 1.165) is 29.6 Å². The first-order chi connectivity index (χ1) is 21.7. The first-order valence-electron chi connectivity index (χ1n) is 14.2. The van der Waals surface area contributed by atoms with Gasteiger partial charge in [-0.2, -0.15) is 4.98 Å². The topological polar surface area (TPSA) is 92.3 Å². The van der Waals surface area contributed by atoms with Crippen LogP contribution in [-0.4, -0.2) is 67.9 Å². The van der Waals surface area contributed by atoms with Crippen molar-refractivity contribution in [3.05, 3.63) is 89.9 Å². The lowest BCUT2D eigenvalue weighted by Crippen LogP contribution is -2.50. The second-order valence-electron chi connectivity index (χ2n) is 10.5. The zero-order valence-corrected chi connectivity index (χ0v) is 25.3. The van der Waals surface area contributed by atoms with E-state index in [-0.39, 0.29) is 24.4 Å². The number of anilines is 4. The van der Waals surface area contributed by atoms with Crippen LogP contribution in [0.3, 0.4) is 0 Å². The summed E-state index contributed by atoms with van der Waals surface area (Å²) in [6.45, 7) is 4.15. The third kappa shape index (κ3) is 7.20. The predicted molar refractivity (Wildman–Crippen MR) is 164 cm³/mol. The summed E-state index contributed by atoms with van der Waals surface area (Å²) in [6, 6.07) is 14.6. The van der Waals surface area contributed by atoms with Gasteiger partial charge >= 0.3 is 6.09 Å². The second-order valence-corrected chi connectivity index (χ2v) is 10.5. The van der Waals surface area contributed by atoms with Gasteiger partial charge in [0, 0.05) is 43.1 Å². The Hall–Kier alpha value is -5.04. The van der Waals surface area contributed by atoms with Crippen molar-refractivity contribution in [2.75, 3.05) is 56.0 Å². The number of carbonyl (C=O) groups excluding carboxylic acids is 1. The van der Waals surface area contributed by atoms with Crippen LogP contribution in [0.2, 0.25) is 0 Å². The molecule has 3 aromatic carbocycles. The summed E-state index contributed by atoms with van der Waals surface area (Å²) >= 11 is 0. The number of rotatable bonds is 9. The van der Waals surface area contributed by atoms with E-state index in [0.29, 0.717) is 41.5 Å². The van der Waals surface area contributed by atoms with Crippen molar-refractivity contribution in [1.82, 2.24) is 14.9 Å². The van der Waals surface area contributed by atoms with E-state index in [2.05, 4.69) is 27.1 Å². The highest BCUT2D eigenvalue weighted by Gasteiger charge is 2.26. The number of hydrogen-bond donors (Lipinski definition) is 1. The van der Waals surface area contributed by atoms with Crippen LogP contribution in [0.1, 0.15) is 12.5 Å². The molecule has 0 aliphatic carbocycles. The first-order valence-corrected chi connectivity index (χ1v) is 14.2. The fraction of sp³-hybridized carbons (Fsp3) is 0.281. The quantitative estimate of drug-likeness (QED) is 0.241. The number of halogens is 3. The molecule has 4 aromatic rings. The van der Waals surface area contributed by atoms with Crippen molar-refractivity contribution in [3.8, 4) is 17.2 Å². The molecule has 5 rings (SSSR count). The molecule has 1 saturated heterocycles. The number of piperazine rings is 1. The molecule has 1 aromatic heterocycles. The minimum Gasteiger partial charge on any atom is -0.497 e. The van der Waals surface area contributed by atoms with Gasteiger partial charge in [0.15, 0.2) is 11.6 Å². The SMILES string of the molecule is COc1ccc(OC)c(CN(C(=O)Oc2c(F)cccc2F)c2ccnc(Nc3ccc(N4CCN(C)C(C)C4)c(F)c3)n2)c1. The number of para-hydroxylation sites is 1. The minimum absolute atomic E-state index is 0.0302. The predicted octanol–water partition coefficient (Wildman–Crippen LogP) is 6.00. The van der Waals surface area contributed by atoms with Crippen molar-refractivity contribution >= 4 is 29.2 Å². The summed E-state index contributed by atoms with van der Waals surface area (Å²) < 4.78 is 60.0. The van der Waals surface area contributed by atoms with Gasteiger partial charge in [0.2, 0.25) is 11.7 Å². The largest absolute Gasteiger partial charge is 0.497 e. The third-order valence-corrected chi connectivity index (χ3v) is 7.57. The van der Waals surface area contributed by atoms with Crippen molar-refractivity contribution < 1.29 is 32.2 Å². The average molecular weight is 623 g/mol. The number of ether oxygens (including phenoxy) is 3. The van der Waals surface area contributed by atoms with E-state index in [1.807, 2.05) is 11.9 Å². The Kier molecular flexibility index (Phi) is 9.57. The van der Waals surface area contributed by atoms with Crippen LogP contribution in [0.5, 0.6) is 17.2 Å². The van der Waals surface area contributed by atoms with Gasteiger partial charge in [-0.3, -0.25) is 4.90 Å². The normalized spacial score (nSPS) is 15.0.